The Bertz CT molecular complexity index is 2090. The van der Waals surface area contributed by atoms with Gasteiger partial charge in [0.1, 0.15) is 6.04 Å². The molecule has 2 N–H and O–H groups in total. The van der Waals surface area contributed by atoms with E-state index >= 15 is 0 Å². The zero-order valence-electron chi connectivity index (χ0n) is 35.4. The van der Waals surface area contributed by atoms with Crippen molar-refractivity contribution in [2.75, 3.05) is 39.3 Å². The van der Waals surface area contributed by atoms with Crippen molar-refractivity contribution in [3.05, 3.63) is 106 Å². The molecule has 1 unspecified atom stereocenters. The number of benzene rings is 2. The van der Waals surface area contributed by atoms with E-state index in [2.05, 4.69) is 44.5 Å². The number of pyridine rings is 1. The Balaban J connectivity index is 0.727. The molecule has 0 bridgehead atoms. The highest BCUT2D eigenvalue weighted by atomic mass is 16.2. The number of imide groups is 1. The molecule has 0 aliphatic carbocycles. The first kappa shape index (κ1) is 43.5. The average Bonchev–Trinajstić information content (AvgIpc) is 3.63. The second kappa shape index (κ2) is 21.8. The van der Waals surface area contributed by atoms with Crippen molar-refractivity contribution in [2.24, 2.45) is 5.92 Å². The third-order valence-electron chi connectivity index (χ3n) is 12.9. The predicted octanol–water partition coefficient (Wildman–Crippen LogP) is 6.88. The molecule has 4 aliphatic rings. The summed E-state index contributed by atoms with van der Waals surface area (Å²) >= 11 is 0. The normalized spacial score (nSPS) is 18.8. The number of piperidine rings is 3. The third-order valence-corrected chi connectivity index (χ3v) is 12.9. The summed E-state index contributed by atoms with van der Waals surface area (Å²) in [7, 11) is 0. The van der Waals surface area contributed by atoms with Gasteiger partial charge in [0.25, 0.3) is 11.8 Å². The number of carbonyl (C=O) groups excluding carboxylic acids is 5. The SMILES string of the molecule is O=C(/C=C/c1cccnc1)NCCCCC1CCN(C(=O)c2ccc(C3CCN(CCCCCCC#Cc4cccc5c4CN(C4CCC(=O)NC4=O)C5=O)CC3)cc2)CC1. The molecule has 0 spiro atoms. The lowest BCUT2D eigenvalue weighted by molar-refractivity contribution is -0.137. The first-order chi connectivity index (χ1) is 29.8. The van der Waals surface area contributed by atoms with E-state index in [1.54, 1.807) is 35.5 Å². The largest absolute Gasteiger partial charge is 0.353 e. The summed E-state index contributed by atoms with van der Waals surface area (Å²) in [5, 5.41) is 5.33. The van der Waals surface area contributed by atoms with Crippen LogP contribution in [0.5, 0.6) is 0 Å². The maximum Gasteiger partial charge on any atom is 0.255 e. The Morgan fingerprint density at radius 3 is 2.43 bits per heavy atom. The third kappa shape index (κ3) is 12.0. The van der Waals surface area contributed by atoms with Crippen molar-refractivity contribution in [3.8, 4) is 11.8 Å². The van der Waals surface area contributed by atoms with Crippen LogP contribution in [0.3, 0.4) is 0 Å². The van der Waals surface area contributed by atoms with Gasteiger partial charge in [-0.05, 0) is 136 Å². The number of unbranched alkanes of at least 4 members (excludes halogenated alkanes) is 5. The van der Waals surface area contributed by atoms with Crippen molar-refractivity contribution in [2.45, 2.75) is 108 Å². The Morgan fingerprint density at radius 2 is 1.66 bits per heavy atom. The van der Waals surface area contributed by atoms with Crippen molar-refractivity contribution in [1.29, 1.82) is 0 Å². The van der Waals surface area contributed by atoms with Crippen LogP contribution in [0.2, 0.25) is 0 Å². The number of aromatic nitrogens is 1. The lowest BCUT2D eigenvalue weighted by Gasteiger charge is -2.33. The fraction of sp³-hybridized carbons (Fsp3) is 0.480. The number of likely N-dealkylation sites (tertiary alicyclic amines) is 2. The van der Waals surface area contributed by atoms with Gasteiger partial charge in [0.15, 0.2) is 0 Å². The van der Waals surface area contributed by atoms with Gasteiger partial charge >= 0.3 is 0 Å². The van der Waals surface area contributed by atoms with Gasteiger partial charge in [-0.25, -0.2) is 0 Å². The van der Waals surface area contributed by atoms with E-state index in [1.165, 1.54) is 18.4 Å². The van der Waals surface area contributed by atoms with Gasteiger partial charge in [0.2, 0.25) is 17.7 Å². The molecule has 1 atom stereocenters. The average molecular weight is 825 g/mol. The molecule has 11 heteroatoms. The Morgan fingerprint density at radius 1 is 0.852 bits per heavy atom. The molecule has 11 nitrogen and oxygen atoms in total. The maximum atomic E-state index is 13.4. The van der Waals surface area contributed by atoms with E-state index in [1.807, 2.05) is 41.3 Å². The number of carbonyl (C=O) groups is 5. The standard InChI is InChI=1S/C50H60N6O5/c57-46(22-16-38-12-10-28-51-35-38)52-29-7-6-11-37-24-33-55(34-25-37)49(60)42-19-17-39(18-20-42)40-26-31-54(32-27-40)30-8-4-2-1-3-5-13-41-14-9-15-43-44(41)36-56(50(43)61)45-21-23-47(58)53-48(45)59/h9-10,12,14-20,22,28,35,37,40,45H,1-4,6-8,11,21,23-27,29-34,36H2,(H,52,57)(H,53,58,59)/b22-16+. The van der Waals surface area contributed by atoms with Crippen molar-refractivity contribution >= 4 is 35.6 Å². The smallest absolute Gasteiger partial charge is 0.255 e. The highest BCUT2D eigenvalue weighted by molar-refractivity contribution is 6.05. The quantitative estimate of drug-likeness (QED) is 0.0698. The number of fused-ring (bicyclic) bond motifs is 1. The first-order valence-electron chi connectivity index (χ1n) is 22.6. The van der Waals surface area contributed by atoms with Crippen LogP contribution in [0.1, 0.15) is 139 Å². The Hall–Kier alpha value is -5.60. The number of nitrogens with one attached hydrogen (secondary N) is 2. The molecule has 3 saturated heterocycles. The van der Waals surface area contributed by atoms with E-state index in [9.17, 15) is 24.0 Å². The maximum absolute atomic E-state index is 13.4. The van der Waals surface area contributed by atoms with E-state index < -0.39 is 11.9 Å². The molecule has 5 heterocycles. The molecule has 2 aromatic carbocycles. The van der Waals surface area contributed by atoms with Crippen LogP contribution in [0, 0.1) is 17.8 Å². The highest BCUT2D eigenvalue weighted by Gasteiger charge is 2.39. The van der Waals surface area contributed by atoms with Gasteiger partial charge in [-0.1, -0.05) is 61.8 Å². The molecule has 1 aromatic heterocycles. The van der Waals surface area contributed by atoms with Crippen molar-refractivity contribution in [3.63, 3.8) is 0 Å². The molecule has 0 saturated carbocycles. The molecule has 61 heavy (non-hydrogen) atoms. The van der Waals surface area contributed by atoms with E-state index in [0.29, 0.717) is 36.9 Å². The summed E-state index contributed by atoms with van der Waals surface area (Å²) in [5.41, 5.74) is 5.36. The van der Waals surface area contributed by atoms with Crippen LogP contribution in [0.25, 0.3) is 6.08 Å². The van der Waals surface area contributed by atoms with Crippen LogP contribution in [0.4, 0.5) is 0 Å². The summed E-state index contributed by atoms with van der Waals surface area (Å²) in [6.45, 7) is 5.97. The summed E-state index contributed by atoms with van der Waals surface area (Å²) in [6.07, 6.45) is 20.2. The van der Waals surface area contributed by atoms with Crippen LogP contribution in [-0.4, -0.2) is 94.5 Å². The molecule has 320 valence electrons. The number of rotatable bonds is 16. The van der Waals surface area contributed by atoms with Gasteiger partial charge in [0, 0.05) is 74.2 Å². The van der Waals surface area contributed by atoms with Gasteiger partial charge in [-0.15, -0.1) is 0 Å². The molecule has 7 rings (SSSR count). The van der Waals surface area contributed by atoms with Gasteiger partial charge in [0.05, 0.1) is 0 Å². The number of hydrogen-bond acceptors (Lipinski definition) is 7. The van der Waals surface area contributed by atoms with Crippen LogP contribution in [-0.2, 0) is 20.9 Å². The predicted molar refractivity (Wildman–Crippen MR) is 236 cm³/mol. The van der Waals surface area contributed by atoms with Gasteiger partial charge in [-0.2, -0.15) is 0 Å². The number of amides is 5. The lowest BCUT2D eigenvalue weighted by atomic mass is 9.88. The molecule has 3 aromatic rings. The lowest BCUT2D eigenvalue weighted by Crippen LogP contribution is -2.52. The van der Waals surface area contributed by atoms with Crippen LogP contribution >= 0.6 is 0 Å². The topological polar surface area (TPSA) is 132 Å². The molecular formula is C50H60N6O5. The fourth-order valence-corrected chi connectivity index (χ4v) is 9.23. The van der Waals surface area contributed by atoms with Crippen molar-refractivity contribution < 1.29 is 24.0 Å². The second-order valence-electron chi connectivity index (χ2n) is 17.1. The zero-order chi connectivity index (χ0) is 42.4. The monoisotopic (exact) mass is 824 g/mol. The van der Waals surface area contributed by atoms with E-state index in [0.717, 1.165) is 119 Å². The minimum absolute atomic E-state index is 0.0796. The minimum Gasteiger partial charge on any atom is -0.353 e. The Kier molecular flexibility index (Phi) is 15.5. The highest BCUT2D eigenvalue weighted by Crippen LogP contribution is 2.31. The molecule has 0 radical (unpaired) electrons. The summed E-state index contributed by atoms with van der Waals surface area (Å²) < 4.78 is 0. The summed E-state index contributed by atoms with van der Waals surface area (Å²) in [5.74, 6) is 6.98. The second-order valence-corrected chi connectivity index (χ2v) is 17.1. The summed E-state index contributed by atoms with van der Waals surface area (Å²) in [6, 6.07) is 17.2. The van der Waals surface area contributed by atoms with Crippen molar-refractivity contribution in [1.82, 2.24) is 30.3 Å². The van der Waals surface area contributed by atoms with Crippen LogP contribution < -0.4 is 10.6 Å². The zero-order valence-corrected chi connectivity index (χ0v) is 35.4. The van der Waals surface area contributed by atoms with Gasteiger partial charge in [-0.3, -0.25) is 34.3 Å². The fourth-order valence-electron chi connectivity index (χ4n) is 9.23. The molecular weight excluding hydrogens is 765 g/mol. The molecule has 4 aliphatic heterocycles. The number of nitrogens with zero attached hydrogens (tertiary/aromatic N) is 4. The summed E-state index contributed by atoms with van der Waals surface area (Å²) in [4.78, 5) is 72.8. The van der Waals surface area contributed by atoms with E-state index in [-0.39, 0.29) is 30.0 Å². The van der Waals surface area contributed by atoms with E-state index in [4.69, 9.17) is 0 Å². The van der Waals surface area contributed by atoms with Crippen LogP contribution in [0.15, 0.2) is 73.1 Å². The first-order valence-corrected chi connectivity index (χ1v) is 22.6. The minimum atomic E-state index is -0.619. The number of hydrogen-bond donors (Lipinski definition) is 2. The Labute approximate surface area is 360 Å². The molecule has 5 amide bonds. The van der Waals surface area contributed by atoms with Gasteiger partial charge < -0.3 is 20.0 Å². The molecule has 3 fully saturated rings.